The van der Waals surface area contributed by atoms with Gasteiger partial charge in [0, 0.05) is 5.92 Å². The molecule has 3 aromatic rings. The molecule has 1 atom stereocenters. The van der Waals surface area contributed by atoms with Gasteiger partial charge in [0.1, 0.15) is 0 Å². The summed E-state index contributed by atoms with van der Waals surface area (Å²) in [7, 11) is -2.04. The van der Waals surface area contributed by atoms with Crippen LogP contribution in [0.15, 0.2) is 91.0 Å². The van der Waals surface area contributed by atoms with Crippen LogP contribution in [0, 0.1) is 0 Å². The molecule has 0 aliphatic heterocycles. The zero-order valence-electron chi connectivity index (χ0n) is 15.2. The third kappa shape index (κ3) is 4.12. The lowest BCUT2D eigenvalue weighted by Gasteiger charge is -2.40. The Morgan fingerprint density at radius 1 is 0.778 bits per heavy atom. The van der Waals surface area contributed by atoms with Crippen molar-refractivity contribution in [3.63, 3.8) is 0 Å². The molecular formula is C22H23BO4. The Hall–Kier alpha value is -2.44. The molecule has 0 amide bonds. The second-order valence-electron chi connectivity index (χ2n) is 6.35. The first-order valence-electron chi connectivity index (χ1n) is 9.05. The second-order valence-corrected chi connectivity index (χ2v) is 6.35. The Bertz CT molecular complexity index is 770. The normalized spacial score (nSPS) is 12.6. The van der Waals surface area contributed by atoms with Crippen LogP contribution in [0.2, 0.25) is 0 Å². The monoisotopic (exact) mass is 362 g/mol. The van der Waals surface area contributed by atoms with Crippen molar-refractivity contribution in [3.05, 3.63) is 108 Å². The summed E-state index contributed by atoms with van der Waals surface area (Å²) in [5, 5.41) is 18.7. The molecule has 1 unspecified atom stereocenters. The van der Waals surface area contributed by atoms with Crippen LogP contribution in [0.3, 0.4) is 0 Å². The minimum atomic E-state index is -2.04. The van der Waals surface area contributed by atoms with Crippen molar-refractivity contribution in [2.24, 2.45) is 0 Å². The minimum Gasteiger partial charge on any atom is -0.400 e. The van der Waals surface area contributed by atoms with Gasteiger partial charge in [-0.1, -0.05) is 97.9 Å². The SMILES string of the molecule is CCC(c1ccccc1)C(OOB(O)O)(c1ccccc1)c1ccccc1. The molecule has 0 aliphatic rings. The number of rotatable bonds is 8. The molecule has 3 aromatic carbocycles. The Kier molecular flexibility index (Phi) is 6.42. The van der Waals surface area contributed by atoms with Gasteiger partial charge in [0.2, 0.25) is 0 Å². The second kappa shape index (κ2) is 8.97. The Morgan fingerprint density at radius 2 is 1.22 bits per heavy atom. The Labute approximate surface area is 160 Å². The van der Waals surface area contributed by atoms with Gasteiger partial charge in [-0.2, -0.15) is 0 Å². The van der Waals surface area contributed by atoms with Crippen LogP contribution in [-0.4, -0.2) is 17.4 Å². The van der Waals surface area contributed by atoms with Gasteiger partial charge in [0.25, 0.3) is 0 Å². The van der Waals surface area contributed by atoms with Crippen molar-refractivity contribution in [2.75, 3.05) is 0 Å². The van der Waals surface area contributed by atoms with Crippen molar-refractivity contribution < 1.29 is 19.7 Å². The average Bonchev–Trinajstić information content (AvgIpc) is 2.73. The first kappa shape index (κ1) is 19.3. The van der Waals surface area contributed by atoms with E-state index in [2.05, 4.69) is 6.92 Å². The molecule has 2 N–H and O–H groups in total. The first-order chi connectivity index (χ1) is 13.2. The summed E-state index contributed by atoms with van der Waals surface area (Å²) < 4.78 is 0. The van der Waals surface area contributed by atoms with Gasteiger partial charge in [-0.15, -0.1) is 0 Å². The molecule has 0 heterocycles. The van der Waals surface area contributed by atoms with E-state index in [0.717, 1.165) is 23.1 Å². The quantitative estimate of drug-likeness (QED) is 0.361. The maximum absolute atomic E-state index is 9.34. The first-order valence-corrected chi connectivity index (χ1v) is 9.05. The van der Waals surface area contributed by atoms with Crippen LogP contribution in [0.4, 0.5) is 0 Å². The Balaban J connectivity index is 2.25. The molecule has 0 saturated heterocycles. The minimum absolute atomic E-state index is 0.123. The summed E-state index contributed by atoms with van der Waals surface area (Å²) in [5.74, 6) is -0.123. The van der Waals surface area contributed by atoms with Gasteiger partial charge in [-0.05, 0) is 23.1 Å². The molecule has 0 bridgehead atoms. The van der Waals surface area contributed by atoms with Crippen molar-refractivity contribution in [2.45, 2.75) is 24.9 Å². The van der Waals surface area contributed by atoms with Crippen LogP contribution >= 0.6 is 0 Å². The molecule has 0 radical (unpaired) electrons. The number of hydrogen-bond acceptors (Lipinski definition) is 4. The van der Waals surface area contributed by atoms with E-state index in [-0.39, 0.29) is 5.92 Å². The molecule has 0 aromatic heterocycles. The lowest BCUT2D eigenvalue weighted by molar-refractivity contribution is -0.312. The molecule has 0 spiro atoms. The fraction of sp³-hybridized carbons (Fsp3) is 0.182. The van der Waals surface area contributed by atoms with Crippen LogP contribution in [0.5, 0.6) is 0 Å². The zero-order valence-corrected chi connectivity index (χ0v) is 15.2. The van der Waals surface area contributed by atoms with Crippen molar-refractivity contribution in [1.82, 2.24) is 0 Å². The van der Waals surface area contributed by atoms with Crippen LogP contribution < -0.4 is 0 Å². The molecular weight excluding hydrogens is 339 g/mol. The topological polar surface area (TPSA) is 58.9 Å². The lowest BCUT2D eigenvalue weighted by Crippen LogP contribution is -2.40. The molecule has 27 heavy (non-hydrogen) atoms. The van der Waals surface area contributed by atoms with Gasteiger partial charge < -0.3 is 10.0 Å². The molecule has 0 saturated carbocycles. The van der Waals surface area contributed by atoms with E-state index in [1.807, 2.05) is 91.0 Å². The summed E-state index contributed by atoms with van der Waals surface area (Å²) in [6.07, 6.45) is 0.749. The zero-order chi connectivity index (χ0) is 19.1. The molecule has 4 nitrogen and oxygen atoms in total. The molecule has 3 rings (SSSR count). The molecule has 0 aliphatic carbocycles. The summed E-state index contributed by atoms with van der Waals surface area (Å²) in [5.41, 5.74) is 1.76. The predicted molar refractivity (Wildman–Crippen MR) is 105 cm³/mol. The van der Waals surface area contributed by atoms with Crippen molar-refractivity contribution in [3.8, 4) is 0 Å². The smallest absolute Gasteiger partial charge is 0.400 e. The molecule has 5 heteroatoms. The van der Waals surface area contributed by atoms with E-state index in [1.54, 1.807) is 0 Å². The average molecular weight is 362 g/mol. The van der Waals surface area contributed by atoms with E-state index in [0.29, 0.717) is 0 Å². The van der Waals surface area contributed by atoms with E-state index < -0.39 is 12.9 Å². The highest BCUT2D eigenvalue weighted by Crippen LogP contribution is 2.47. The number of benzene rings is 3. The van der Waals surface area contributed by atoms with Gasteiger partial charge in [-0.3, -0.25) is 0 Å². The molecule has 0 fully saturated rings. The van der Waals surface area contributed by atoms with Crippen molar-refractivity contribution >= 4 is 7.32 Å². The fourth-order valence-electron chi connectivity index (χ4n) is 3.66. The van der Waals surface area contributed by atoms with Gasteiger partial charge >= 0.3 is 7.32 Å². The largest absolute Gasteiger partial charge is 0.662 e. The van der Waals surface area contributed by atoms with Crippen LogP contribution in [0.25, 0.3) is 0 Å². The summed E-state index contributed by atoms with van der Waals surface area (Å²) in [4.78, 5) is 10.8. The maximum atomic E-state index is 9.34. The van der Waals surface area contributed by atoms with Crippen LogP contribution in [-0.2, 0) is 15.3 Å². The van der Waals surface area contributed by atoms with E-state index in [1.165, 1.54) is 0 Å². The summed E-state index contributed by atoms with van der Waals surface area (Å²) >= 11 is 0. The summed E-state index contributed by atoms with van der Waals surface area (Å²) in [6, 6.07) is 29.5. The van der Waals surface area contributed by atoms with Gasteiger partial charge in [0.15, 0.2) is 5.60 Å². The predicted octanol–water partition coefficient (Wildman–Crippen LogP) is 4.04. The Morgan fingerprint density at radius 3 is 1.63 bits per heavy atom. The van der Waals surface area contributed by atoms with E-state index in [9.17, 15) is 10.0 Å². The standard InChI is InChI=1S/C22H23BO4/c1-2-21(18-12-6-3-7-13-18)22(26-27-23(24)25,19-14-8-4-9-15-19)20-16-10-5-11-17-20/h3-17,21,24-25H,2H2,1H3. The highest BCUT2D eigenvalue weighted by Gasteiger charge is 2.45. The third-order valence-electron chi connectivity index (χ3n) is 4.77. The van der Waals surface area contributed by atoms with Crippen LogP contribution in [0.1, 0.15) is 36.0 Å². The highest BCUT2D eigenvalue weighted by molar-refractivity contribution is 6.32. The molecule has 138 valence electrons. The highest BCUT2D eigenvalue weighted by atomic mass is 17.2. The van der Waals surface area contributed by atoms with Gasteiger partial charge in [-0.25, -0.2) is 9.69 Å². The third-order valence-corrected chi connectivity index (χ3v) is 4.77. The van der Waals surface area contributed by atoms with E-state index in [4.69, 9.17) is 9.69 Å². The van der Waals surface area contributed by atoms with Crippen molar-refractivity contribution in [1.29, 1.82) is 0 Å². The summed E-state index contributed by atoms with van der Waals surface area (Å²) in [6.45, 7) is 2.08. The lowest BCUT2D eigenvalue weighted by atomic mass is 9.72. The van der Waals surface area contributed by atoms with Gasteiger partial charge in [0.05, 0.1) is 0 Å². The van der Waals surface area contributed by atoms with E-state index >= 15 is 0 Å². The fourth-order valence-corrected chi connectivity index (χ4v) is 3.66. The number of hydrogen-bond donors (Lipinski definition) is 2. The maximum Gasteiger partial charge on any atom is 0.662 e.